The molecule has 15 heavy (non-hydrogen) atoms. The van der Waals surface area contributed by atoms with Crippen molar-refractivity contribution in [3.05, 3.63) is 0 Å². The first-order valence-corrected chi connectivity index (χ1v) is 6.05. The molecule has 1 fully saturated rings. The Labute approximate surface area is 93.2 Å². The summed E-state index contributed by atoms with van der Waals surface area (Å²) in [6.45, 7) is 11.2. The molecule has 0 bridgehead atoms. The highest BCUT2D eigenvalue weighted by molar-refractivity contribution is 5.79. The van der Waals surface area contributed by atoms with Crippen LogP contribution in [0, 0.1) is 5.92 Å². The highest BCUT2D eigenvalue weighted by Crippen LogP contribution is 2.21. The molecule has 1 rings (SSSR count). The van der Waals surface area contributed by atoms with Crippen molar-refractivity contribution >= 4 is 5.91 Å². The molecule has 0 unspecified atom stereocenters. The van der Waals surface area contributed by atoms with Gasteiger partial charge >= 0.3 is 0 Å². The molecule has 0 radical (unpaired) electrons. The van der Waals surface area contributed by atoms with Crippen LogP contribution in [-0.4, -0.2) is 36.0 Å². The van der Waals surface area contributed by atoms with E-state index in [9.17, 15) is 4.79 Å². The van der Waals surface area contributed by atoms with E-state index >= 15 is 0 Å². The molecule has 1 aliphatic heterocycles. The number of nitrogens with zero attached hydrogens (tertiary/aromatic N) is 1. The van der Waals surface area contributed by atoms with Gasteiger partial charge in [-0.05, 0) is 26.7 Å². The summed E-state index contributed by atoms with van der Waals surface area (Å²) in [6, 6.07) is 0. The average molecular weight is 212 g/mol. The van der Waals surface area contributed by atoms with Gasteiger partial charge in [0.2, 0.25) is 5.91 Å². The predicted molar refractivity (Wildman–Crippen MR) is 62.7 cm³/mol. The second kappa shape index (κ2) is 4.97. The maximum absolute atomic E-state index is 12.3. The summed E-state index contributed by atoms with van der Waals surface area (Å²) in [4.78, 5) is 14.3. The van der Waals surface area contributed by atoms with Crippen molar-refractivity contribution in [3.8, 4) is 0 Å². The lowest BCUT2D eigenvalue weighted by Gasteiger charge is -2.44. The van der Waals surface area contributed by atoms with E-state index in [1.807, 2.05) is 0 Å². The summed E-state index contributed by atoms with van der Waals surface area (Å²) in [5.74, 6) is 0.550. The van der Waals surface area contributed by atoms with Crippen molar-refractivity contribution in [3.63, 3.8) is 0 Å². The van der Waals surface area contributed by atoms with Crippen LogP contribution in [0.1, 0.15) is 40.5 Å². The third-order valence-electron chi connectivity index (χ3n) is 3.40. The van der Waals surface area contributed by atoms with Crippen molar-refractivity contribution in [2.24, 2.45) is 5.92 Å². The molecule has 0 aromatic rings. The molecule has 0 aromatic heterocycles. The average Bonchev–Trinajstić information content (AvgIpc) is 2.18. The van der Waals surface area contributed by atoms with Gasteiger partial charge in [0.1, 0.15) is 0 Å². The van der Waals surface area contributed by atoms with Crippen LogP contribution in [-0.2, 0) is 4.79 Å². The lowest BCUT2D eigenvalue weighted by atomic mass is 9.94. The molecule has 1 heterocycles. The molecule has 0 spiro atoms. The molecular weight excluding hydrogens is 188 g/mol. The van der Waals surface area contributed by atoms with Gasteiger partial charge < -0.3 is 10.2 Å². The second-order valence-corrected chi connectivity index (χ2v) is 4.99. The van der Waals surface area contributed by atoms with Gasteiger partial charge in [-0.15, -0.1) is 0 Å². The van der Waals surface area contributed by atoms with Gasteiger partial charge in [-0.25, -0.2) is 0 Å². The van der Waals surface area contributed by atoms with Crippen LogP contribution in [0.3, 0.4) is 0 Å². The number of carbonyl (C=O) groups is 1. The highest BCUT2D eigenvalue weighted by atomic mass is 16.2. The zero-order valence-electron chi connectivity index (χ0n) is 10.5. The van der Waals surface area contributed by atoms with E-state index in [0.29, 0.717) is 5.91 Å². The summed E-state index contributed by atoms with van der Waals surface area (Å²) in [5, 5.41) is 3.34. The van der Waals surface area contributed by atoms with Gasteiger partial charge in [-0.1, -0.05) is 13.8 Å². The van der Waals surface area contributed by atoms with Crippen LogP contribution in [0.25, 0.3) is 0 Å². The Hall–Kier alpha value is -0.570. The molecule has 0 saturated carbocycles. The lowest BCUT2D eigenvalue weighted by Crippen LogP contribution is -2.60. The van der Waals surface area contributed by atoms with E-state index in [-0.39, 0.29) is 11.5 Å². The van der Waals surface area contributed by atoms with E-state index in [1.165, 1.54) is 0 Å². The Bertz CT molecular complexity index is 222. The van der Waals surface area contributed by atoms with Crippen molar-refractivity contribution in [1.29, 1.82) is 0 Å². The molecule has 0 atom stereocenters. The number of piperazine rings is 1. The van der Waals surface area contributed by atoms with Crippen LogP contribution in [0.15, 0.2) is 0 Å². The molecule has 1 saturated heterocycles. The maximum Gasteiger partial charge on any atom is 0.226 e. The minimum absolute atomic E-state index is 0.0298. The van der Waals surface area contributed by atoms with Gasteiger partial charge in [0.15, 0.2) is 0 Å². The summed E-state index contributed by atoms with van der Waals surface area (Å²) < 4.78 is 0. The summed E-state index contributed by atoms with van der Waals surface area (Å²) >= 11 is 0. The van der Waals surface area contributed by atoms with Crippen LogP contribution < -0.4 is 5.32 Å². The summed E-state index contributed by atoms with van der Waals surface area (Å²) in [5.41, 5.74) is -0.0298. The smallest absolute Gasteiger partial charge is 0.226 e. The van der Waals surface area contributed by atoms with Gasteiger partial charge in [0.05, 0.1) is 0 Å². The van der Waals surface area contributed by atoms with Crippen LogP contribution in [0.4, 0.5) is 0 Å². The first-order valence-electron chi connectivity index (χ1n) is 6.05. The number of carbonyl (C=O) groups excluding carboxylic acids is 1. The molecule has 0 aliphatic carbocycles. The Morgan fingerprint density at radius 3 is 2.47 bits per heavy atom. The Balaban J connectivity index is 2.72. The monoisotopic (exact) mass is 212 g/mol. The van der Waals surface area contributed by atoms with Gasteiger partial charge in [-0.2, -0.15) is 0 Å². The van der Waals surface area contributed by atoms with Gasteiger partial charge in [-0.3, -0.25) is 4.79 Å². The lowest BCUT2D eigenvalue weighted by molar-refractivity contribution is -0.142. The highest BCUT2D eigenvalue weighted by Gasteiger charge is 2.35. The van der Waals surface area contributed by atoms with Crippen LogP contribution in [0.5, 0.6) is 0 Å². The quantitative estimate of drug-likeness (QED) is 0.771. The minimum atomic E-state index is -0.0298. The predicted octanol–water partition coefficient (Wildman–Crippen LogP) is 1.63. The topological polar surface area (TPSA) is 32.3 Å². The fourth-order valence-corrected chi connectivity index (χ4v) is 2.25. The fraction of sp³-hybridized carbons (Fsp3) is 0.917. The Morgan fingerprint density at radius 1 is 1.40 bits per heavy atom. The second-order valence-electron chi connectivity index (χ2n) is 4.99. The van der Waals surface area contributed by atoms with Crippen LogP contribution >= 0.6 is 0 Å². The molecule has 1 N–H and O–H groups in total. The van der Waals surface area contributed by atoms with Gasteiger partial charge in [0.25, 0.3) is 0 Å². The first kappa shape index (κ1) is 12.5. The third-order valence-corrected chi connectivity index (χ3v) is 3.40. The van der Waals surface area contributed by atoms with Crippen LogP contribution in [0.2, 0.25) is 0 Å². The van der Waals surface area contributed by atoms with E-state index in [4.69, 9.17) is 0 Å². The normalized spacial score (nSPS) is 20.7. The zero-order chi connectivity index (χ0) is 11.5. The molecule has 3 heteroatoms. The summed E-state index contributed by atoms with van der Waals surface area (Å²) in [7, 11) is 0. The number of nitrogens with one attached hydrogen (secondary N) is 1. The fourth-order valence-electron chi connectivity index (χ4n) is 2.25. The minimum Gasteiger partial charge on any atom is -0.335 e. The largest absolute Gasteiger partial charge is 0.335 e. The summed E-state index contributed by atoms with van der Waals surface area (Å²) in [6.07, 6.45) is 1.91. The molecule has 1 amide bonds. The maximum atomic E-state index is 12.3. The number of hydrogen-bond donors (Lipinski definition) is 1. The Morgan fingerprint density at radius 2 is 2.00 bits per heavy atom. The van der Waals surface area contributed by atoms with Gasteiger partial charge in [0, 0.05) is 31.1 Å². The first-order chi connectivity index (χ1) is 7.03. The number of rotatable bonds is 3. The van der Waals surface area contributed by atoms with Crippen molar-refractivity contribution in [2.45, 2.75) is 46.1 Å². The SMILES string of the molecule is CCC(CC)C(=O)N1CCNCC1(C)C. The van der Waals surface area contributed by atoms with Crippen molar-refractivity contribution < 1.29 is 4.79 Å². The standard InChI is InChI=1S/C12H24N2O/c1-5-10(6-2)11(15)14-8-7-13-9-12(14,3)4/h10,13H,5-9H2,1-4H3. The van der Waals surface area contributed by atoms with Crippen molar-refractivity contribution in [1.82, 2.24) is 10.2 Å². The van der Waals surface area contributed by atoms with E-state index in [0.717, 1.165) is 32.5 Å². The molecular formula is C12H24N2O. The molecule has 1 aliphatic rings. The van der Waals surface area contributed by atoms with E-state index < -0.39 is 0 Å². The number of hydrogen-bond acceptors (Lipinski definition) is 2. The zero-order valence-corrected chi connectivity index (χ0v) is 10.5. The van der Waals surface area contributed by atoms with E-state index in [1.54, 1.807) is 0 Å². The molecule has 0 aromatic carbocycles. The third kappa shape index (κ3) is 2.71. The number of amides is 1. The Kier molecular flexibility index (Phi) is 4.14. The molecule has 3 nitrogen and oxygen atoms in total. The van der Waals surface area contributed by atoms with Crippen molar-refractivity contribution in [2.75, 3.05) is 19.6 Å². The van der Waals surface area contributed by atoms with E-state index in [2.05, 4.69) is 37.9 Å². The molecule has 88 valence electrons.